The molecule has 1 fully saturated rings. The lowest BCUT2D eigenvalue weighted by Gasteiger charge is -2.10. The fourth-order valence-electron chi connectivity index (χ4n) is 2.73. The largest absolute Gasteiger partial charge is 0.478 e. The predicted molar refractivity (Wildman–Crippen MR) is 102 cm³/mol. The smallest absolute Gasteiger partial charge is 0.335 e. The van der Waals surface area contributed by atoms with Crippen LogP contribution in [0, 0.1) is 10.1 Å². The number of hydrogen-bond donors (Lipinski definition) is 3. The minimum absolute atomic E-state index is 0.000174. The molecule has 1 saturated carbocycles. The van der Waals surface area contributed by atoms with Crippen molar-refractivity contribution in [3.63, 3.8) is 0 Å². The van der Waals surface area contributed by atoms with Crippen molar-refractivity contribution >= 4 is 28.9 Å². The predicted octanol–water partition coefficient (Wildman–Crippen LogP) is 3.27. The molecule has 0 unspecified atom stereocenters. The first-order valence-corrected chi connectivity index (χ1v) is 8.60. The fraction of sp³-hybridized carbons (Fsp3) is 0.263. The van der Waals surface area contributed by atoms with Crippen molar-refractivity contribution < 1.29 is 24.4 Å². The van der Waals surface area contributed by atoms with Gasteiger partial charge in [-0.15, -0.1) is 0 Å². The normalized spacial score (nSPS) is 13.0. The van der Waals surface area contributed by atoms with Gasteiger partial charge in [-0.2, -0.15) is 0 Å². The Hall–Kier alpha value is -3.46. The van der Waals surface area contributed by atoms with Crippen LogP contribution >= 0.6 is 0 Å². The average Bonchev–Trinajstić information content (AvgIpc) is 3.45. The van der Waals surface area contributed by atoms with Crippen LogP contribution in [-0.2, 0) is 11.3 Å². The van der Waals surface area contributed by atoms with Crippen LogP contribution in [0.2, 0.25) is 0 Å². The maximum absolute atomic E-state index is 12.6. The molecule has 9 heteroatoms. The van der Waals surface area contributed by atoms with Crippen molar-refractivity contribution in [3.8, 4) is 0 Å². The number of nitrogens with one attached hydrogen (secondary N) is 2. The third-order valence-corrected chi connectivity index (χ3v) is 4.20. The number of carboxylic acid groups (broad SMARTS) is 1. The van der Waals surface area contributed by atoms with Crippen molar-refractivity contribution in [2.45, 2.75) is 25.5 Å². The molecule has 3 rings (SSSR count). The first-order chi connectivity index (χ1) is 13.4. The van der Waals surface area contributed by atoms with E-state index >= 15 is 0 Å². The molecule has 0 radical (unpaired) electrons. The molecule has 1 aliphatic rings. The molecule has 0 atom stereocenters. The van der Waals surface area contributed by atoms with Crippen molar-refractivity contribution in [1.82, 2.24) is 0 Å². The van der Waals surface area contributed by atoms with Gasteiger partial charge in [0.25, 0.3) is 11.6 Å². The van der Waals surface area contributed by atoms with Crippen LogP contribution in [0.4, 0.5) is 17.1 Å². The molecule has 0 spiro atoms. The van der Waals surface area contributed by atoms with E-state index in [1.54, 1.807) is 6.07 Å². The number of amides is 1. The minimum atomic E-state index is -1.14. The molecule has 0 aromatic heterocycles. The van der Waals surface area contributed by atoms with Crippen molar-refractivity contribution in [3.05, 3.63) is 63.2 Å². The zero-order valence-electron chi connectivity index (χ0n) is 15.1. The fourth-order valence-corrected chi connectivity index (χ4v) is 2.73. The molecule has 0 bridgehead atoms. The average molecular weight is 385 g/mol. The van der Waals surface area contributed by atoms with Crippen LogP contribution in [-0.4, -0.2) is 35.1 Å². The highest BCUT2D eigenvalue weighted by molar-refractivity contribution is 6.05. The van der Waals surface area contributed by atoms with Gasteiger partial charge in [0.2, 0.25) is 0 Å². The van der Waals surface area contributed by atoms with E-state index in [2.05, 4.69) is 10.6 Å². The second-order valence-electron chi connectivity index (χ2n) is 6.52. The van der Waals surface area contributed by atoms with E-state index < -0.39 is 16.8 Å². The summed E-state index contributed by atoms with van der Waals surface area (Å²) in [4.78, 5) is 34.6. The molecule has 0 heterocycles. The Bertz CT molecular complexity index is 939. The highest BCUT2D eigenvalue weighted by atomic mass is 16.6. The summed E-state index contributed by atoms with van der Waals surface area (Å²) in [5, 5.41) is 26.2. The number of nitro groups is 1. The highest BCUT2D eigenvalue weighted by Gasteiger charge is 2.25. The van der Waals surface area contributed by atoms with Gasteiger partial charge >= 0.3 is 5.97 Å². The number of anilines is 2. The van der Waals surface area contributed by atoms with E-state index in [-0.39, 0.29) is 35.2 Å². The first kappa shape index (κ1) is 19.3. The molecule has 2 aromatic carbocycles. The van der Waals surface area contributed by atoms with Gasteiger partial charge in [0.15, 0.2) is 0 Å². The van der Waals surface area contributed by atoms with Crippen LogP contribution in [0.15, 0.2) is 36.4 Å². The number of carbonyl (C=O) groups is 2. The van der Waals surface area contributed by atoms with E-state index in [1.165, 1.54) is 37.4 Å². The highest BCUT2D eigenvalue weighted by Crippen LogP contribution is 2.31. The summed E-state index contributed by atoms with van der Waals surface area (Å²) in [5.74, 6) is -1.72. The van der Waals surface area contributed by atoms with Gasteiger partial charge in [-0.1, -0.05) is 0 Å². The molecule has 0 saturated heterocycles. The molecule has 3 N–H and O–H groups in total. The first-order valence-electron chi connectivity index (χ1n) is 8.60. The van der Waals surface area contributed by atoms with Crippen molar-refractivity contribution in [1.29, 1.82) is 0 Å². The molecular weight excluding hydrogens is 366 g/mol. The Morgan fingerprint density at radius 2 is 1.96 bits per heavy atom. The summed E-state index contributed by atoms with van der Waals surface area (Å²) in [6, 6.07) is 8.79. The van der Waals surface area contributed by atoms with Gasteiger partial charge in [0.1, 0.15) is 5.69 Å². The lowest BCUT2D eigenvalue weighted by Crippen LogP contribution is -2.14. The van der Waals surface area contributed by atoms with Gasteiger partial charge in [-0.05, 0) is 48.7 Å². The third-order valence-electron chi connectivity index (χ3n) is 4.20. The van der Waals surface area contributed by atoms with E-state index in [0.29, 0.717) is 11.3 Å². The van der Waals surface area contributed by atoms with Crippen LogP contribution in [0.3, 0.4) is 0 Å². The second-order valence-corrected chi connectivity index (χ2v) is 6.52. The number of ether oxygens (including phenoxy) is 1. The number of benzene rings is 2. The molecule has 1 aliphatic carbocycles. The summed E-state index contributed by atoms with van der Waals surface area (Å²) < 4.78 is 5.01. The molecule has 1 amide bonds. The number of nitro benzene ring substituents is 1. The Morgan fingerprint density at radius 3 is 2.57 bits per heavy atom. The standard InChI is InChI=1S/C19H19N3O6/c1-28-10-11-6-13(19(24)25)8-15(7-11)21-18(23)12-2-5-16(20-14-3-4-14)17(9-12)22(26)27/h2,5-9,14,20H,3-4,10H2,1H3,(H,21,23)(H,24,25). The zero-order chi connectivity index (χ0) is 20.3. The van der Waals surface area contributed by atoms with Gasteiger partial charge in [-0.25, -0.2) is 4.79 Å². The third kappa shape index (κ3) is 4.63. The van der Waals surface area contributed by atoms with Crippen LogP contribution in [0.25, 0.3) is 0 Å². The number of nitrogens with zero attached hydrogens (tertiary/aromatic N) is 1. The Morgan fingerprint density at radius 1 is 1.21 bits per heavy atom. The summed E-state index contributed by atoms with van der Waals surface area (Å²) in [6.45, 7) is 0.178. The molecular formula is C19H19N3O6. The lowest BCUT2D eigenvalue weighted by atomic mass is 10.1. The van der Waals surface area contributed by atoms with E-state index in [4.69, 9.17) is 4.74 Å². The van der Waals surface area contributed by atoms with E-state index in [1.807, 2.05) is 0 Å². The molecule has 2 aromatic rings. The number of hydrogen-bond acceptors (Lipinski definition) is 6. The van der Waals surface area contributed by atoms with Crippen molar-refractivity contribution in [2.24, 2.45) is 0 Å². The summed E-state index contributed by atoms with van der Waals surface area (Å²) in [6.07, 6.45) is 1.92. The van der Waals surface area contributed by atoms with Gasteiger partial charge in [-0.3, -0.25) is 14.9 Å². The SMILES string of the molecule is COCc1cc(NC(=O)c2ccc(NC3CC3)c([N+](=O)[O-])c2)cc(C(=O)O)c1. The maximum atomic E-state index is 12.6. The summed E-state index contributed by atoms with van der Waals surface area (Å²) in [5.41, 5.74) is 1.13. The second kappa shape index (κ2) is 8.05. The quantitative estimate of drug-likeness (QED) is 0.469. The number of aromatic carboxylic acids is 1. The van der Waals surface area contributed by atoms with Crippen molar-refractivity contribution in [2.75, 3.05) is 17.7 Å². The number of carbonyl (C=O) groups excluding carboxylic acids is 1. The molecule has 28 heavy (non-hydrogen) atoms. The summed E-state index contributed by atoms with van der Waals surface area (Å²) in [7, 11) is 1.47. The summed E-state index contributed by atoms with van der Waals surface area (Å²) >= 11 is 0. The molecule has 9 nitrogen and oxygen atoms in total. The number of carboxylic acids is 1. The Labute approximate surface area is 160 Å². The number of methoxy groups -OCH3 is 1. The Kier molecular flexibility index (Phi) is 5.55. The van der Waals surface area contributed by atoms with Crippen LogP contribution in [0.5, 0.6) is 0 Å². The minimum Gasteiger partial charge on any atom is -0.478 e. The molecule has 146 valence electrons. The van der Waals surface area contributed by atoms with Crippen LogP contribution < -0.4 is 10.6 Å². The van der Waals surface area contributed by atoms with E-state index in [9.17, 15) is 24.8 Å². The monoisotopic (exact) mass is 385 g/mol. The zero-order valence-corrected chi connectivity index (χ0v) is 15.1. The van der Waals surface area contributed by atoms with Gasteiger partial charge < -0.3 is 20.5 Å². The van der Waals surface area contributed by atoms with Gasteiger partial charge in [0, 0.05) is 30.5 Å². The molecule has 0 aliphatic heterocycles. The van der Waals surface area contributed by atoms with Gasteiger partial charge in [0.05, 0.1) is 17.1 Å². The Balaban J connectivity index is 1.85. The number of rotatable bonds is 8. The maximum Gasteiger partial charge on any atom is 0.335 e. The van der Waals surface area contributed by atoms with Crippen LogP contribution in [0.1, 0.15) is 39.1 Å². The topological polar surface area (TPSA) is 131 Å². The van der Waals surface area contributed by atoms with E-state index in [0.717, 1.165) is 12.8 Å². The lowest BCUT2D eigenvalue weighted by molar-refractivity contribution is -0.384.